The molecule has 0 aliphatic carbocycles. The van der Waals surface area contributed by atoms with Gasteiger partial charge in [0.15, 0.2) is 0 Å². The Morgan fingerprint density at radius 1 is 0.250 bits per heavy atom. The fraction of sp³-hybridized carbons (Fsp3) is 0.821. The van der Waals surface area contributed by atoms with E-state index in [9.17, 15) is 0 Å². The Hall–Kier alpha value is -1.60. The number of hydrogen-bond acceptors (Lipinski definition) is 0. The second-order valence-electron chi connectivity index (χ2n) is 22.0. The second kappa shape index (κ2) is 54.7. The summed E-state index contributed by atoms with van der Waals surface area (Å²) in [6.45, 7) is 12.2. The predicted octanol–water partition coefficient (Wildman–Crippen LogP) is 23.5. The van der Waals surface area contributed by atoms with Crippen molar-refractivity contribution in [3.63, 3.8) is 0 Å². The average molecular weight is 944 g/mol. The van der Waals surface area contributed by atoms with Gasteiger partial charge in [0.05, 0.1) is 19.6 Å². The molecule has 0 radical (unpaired) electrons. The maximum atomic E-state index is 2.43. The summed E-state index contributed by atoms with van der Waals surface area (Å²) in [5.74, 6) is 0. The highest BCUT2D eigenvalue weighted by molar-refractivity contribution is 5.13. The third-order valence-corrected chi connectivity index (χ3v) is 15.3. The zero-order valence-corrected chi connectivity index (χ0v) is 47.1. The van der Waals surface area contributed by atoms with Crippen molar-refractivity contribution in [2.24, 2.45) is 0 Å². The Balaban J connectivity index is 2.44. The van der Waals surface area contributed by atoms with Crippen LogP contribution in [0.5, 0.6) is 0 Å². The summed E-state index contributed by atoms with van der Waals surface area (Å²) in [6, 6.07) is 11.7. The molecule has 0 spiro atoms. The molecule has 0 fully saturated rings. The summed E-state index contributed by atoms with van der Waals surface area (Å²) in [5, 5.41) is 0. The van der Waals surface area contributed by atoms with Crippen molar-refractivity contribution < 1.29 is 4.48 Å². The van der Waals surface area contributed by atoms with Gasteiger partial charge in [-0.15, -0.1) is 0 Å². The van der Waals surface area contributed by atoms with Crippen LogP contribution >= 0.6 is 0 Å². The lowest BCUT2D eigenvalue weighted by Gasteiger charge is -2.39. The van der Waals surface area contributed by atoms with Crippen LogP contribution in [0.3, 0.4) is 0 Å². The number of nitrogens with zero attached hydrogens (tertiary/aromatic N) is 1. The highest BCUT2D eigenvalue weighted by atomic mass is 15.3. The quantitative estimate of drug-likeness (QED) is 0.0347. The molecule has 0 N–H and O–H groups in total. The van der Waals surface area contributed by atoms with E-state index in [0.29, 0.717) is 0 Å². The Kier molecular flexibility index (Phi) is 51.8. The number of unbranched alkanes of at least 4 members (excludes halogenated alkanes) is 42. The van der Waals surface area contributed by atoms with E-state index in [0.717, 1.165) is 0 Å². The maximum absolute atomic E-state index is 2.43. The normalized spacial score (nSPS) is 12.3. The van der Waals surface area contributed by atoms with Crippen molar-refractivity contribution in [2.75, 3.05) is 19.6 Å². The summed E-state index contributed by atoms with van der Waals surface area (Å²) < 4.78 is 1.35. The van der Waals surface area contributed by atoms with Crippen LogP contribution in [0, 0.1) is 0 Å². The van der Waals surface area contributed by atoms with Gasteiger partial charge in [-0.1, -0.05) is 299 Å². The molecule has 0 aromatic heterocycles. The first kappa shape index (κ1) is 64.4. The molecule has 1 aromatic rings. The van der Waals surface area contributed by atoms with Gasteiger partial charge >= 0.3 is 0 Å². The zero-order valence-electron chi connectivity index (χ0n) is 47.1. The predicted molar refractivity (Wildman–Crippen MR) is 311 cm³/mol. The second-order valence-corrected chi connectivity index (χ2v) is 22.0. The number of hydrogen-bond donors (Lipinski definition) is 0. The van der Waals surface area contributed by atoms with E-state index in [1.807, 2.05) is 0 Å². The third-order valence-electron chi connectivity index (χ3n) is 15.3. The van der Waals surface area contributed by atoms with Crippen LogP contribution < -0.4 is 0 Å². The zero-order chi connectivity index (χ0) is 48.6. The lowest BCUT2D eigenvalue weighted by molar-refractivity contribution is -0.941. The molecule has 0 amide bonds. The summed E-state index contributed by atoms with van der Waals surface area (Å²) in [6.07, 6.45) is 82.4. The topological polar surface area (TPSA) is 0 Å². The van der Waals surface area contributed by atoms with Crippen molar-refractivity contribution in [1.82, 2.24) is 0 Å². The van der Waals surface area contributed by atoms with Gasteiger partial charge in [-0.25, -0.2) is 0 Å². The van der Waals surface area contributed by atoms with E-state index in [-0.39, 0.29) is 0 Å². The smallest absolute Gasteiger partial charge is 0.104 e. The molecule has 0 aliphatic rings. The lowest BCUT2D eigenvalue weighted by Crippen LogP contribution is -2.49. The van der Waals surface area contributed by atoms with Gasteiger partial charge in [-0.2, -0.15) is 0 Å². The molecule has 396 valence electrons. The molecule has 0 aliphatic heterocycles. The summed E-state index contributed by atoms with van der Waals surface area (Å²) in [5.41, 5.74) is 1.58. The van der Waals surface area contributed by atoms with Crippen molar-refractivity contribution >= 4 is 0 Å². The van der Waals surface area contributed by atoms with Crippen LogP contribution in [0.1, 0.15) is 335 Å². The minimum atomic E-state index is 1.19. The molecule has 68 heavy (non-hydrogen) atoms. The summed E-state index contributed by atoms with van der Waals surface area (Å²) in [7, 11) is 0. The molecule has 0 unspecified atom stereocenters. The SMILES string of the molecule is CC/C=C/CCCCCCCCCCCCCCCC[N+](CCCCCCCCCCCCCCCC/C=C/CC)(CCCCCCCCCCCCCCCC/C=C/CC)Cc1ccccc1. The Bertz CT molecular complexity index is 1050. The molecule has 0 atom stereocenters. The molecule has 0 saturated heterocycles. The van der Waals surface area contributed by atoms with Gasteiger partial charge < -0.3 is 4.48 Å². The minimum absolute atomic E-state index is 1.19. The molecular formula is C67H124N+. The first-order valence-corrected chi connectivity index (χ1v) is 31.6. The van der Waals surface area contributed by atoms with Crippen molar-refractivity contribution in [3.05, 3.63) is 72.4 Å². The van der Waals surface area contributed by atoms with Gasteiger partial charge in [-0.3, -0.25) is 0 Å². The van der Waals surface area contributed by atoms with E-state index in [4.69, 9.17) is 0 Å². The summed E-state index contributed by atoms with van der Waals surface area (Å²) in [4.78, 5) is 0. The molecule has 1 heteroatoms. The first-order valence-electron chi connectivity index (χ1n) is 31.6. The van der Waals surface area contributed by atoms with Crippen LogP contribution in [0.25, 0.3) is 0 Å². The fourth-order valence-electron chi connectivity index (χ4n) is 10.9. The van der Waals surface area contributed by atoms with Gasteiger partial charge in [0, 0.05) is 5.56 Å². The number of quaternary nitrogens is 1. The molecule has 0 saturated carbocycles. The van der Waals surface area contributed by atoms with Gasteiger partial charge in [0.25, 0.3) is 0 Å². The van der Waals surface area contributed by atoms with E-state index in [1.165, 1.54) is 339 Å². The maximum Gasteiger partial charge on any atom is 0.104 e. The Morgan fingerprint density at radius 2 is 0.456 bits per heavy atom. The highest BCUT2D eigenvalue weighted by Crippen LogP contribution is 2.24. The van der Waals surface area contributed by atoms with Crippen LogP contribution in [0.4, 0.5) is 0 Å². The Labute approximate surface area is 430 Å². The largest absolute Gasteiger partial charge is 0.320 e. The number of allylic oxidation sites excluding steroid dienone is 6. The monoisotopic (exact) mass is 943 g/mol. The third kappa shape index (κ3) is 46.8. The molecule has 0 bridgehead atoms. The van der Waals surface area contributed by atoms with Crippen LogP contribution in [-0.2, 0) is 6.54 Å². The van der Waals surface area contributed by atoms with E-state index < -0.39 is 0 Å². The van der Waals surface area contributed by atoms with Crippen molar-refractivity contribution in [2.45, 2.75) is 336 Å². The van der Waals surface area contributed by atoms with E-state index in [1.54, 1.807) is 5.56 Å². The minimum Gasteiger partial charge on any atom is -0.320 e. The van der Waals surface area contributed by atoms with Crippen LogP contribution in [0.15, 0.2) is 66.8 Å². The molecule has 1 nitrogen and oxygen atoms in total. The number of benzene rings is 1. The van der Waals surface area contributed by atoms with E-state index >= 15 is 0 Å². The highest BCUT2D eigenvalue weighted by Gasteiger charge is 2.27. The van der Waals surface area contributed by atoms with Crippen molar-refractivity contribution in [1.29, 1.82) is 0 Å². The summed E-state index contributed by atoms with van der Waals surface area (Å²) >= 11 is 0. The average Bonchev–Trinajstić information content (AvgIpc) is 3.35. The molecule has 1 rings (SSSR count). The molecule has 0 heterocycles. The molecular weight excluding hydrogens is 819 g/mol. The first-order chi connectivity index (χ1) is 33.8. The fourth-order valence-corrected chi connectivity index (χ4v) is 10.9. The molecule has 1 aromatic carbocycles. The van der Waals surface area contributed by atoms with Crippen LogP contribution in [-0.4, -0.2) is 24.1 Å². The van der Waals surface area contributed by atoms with Gasteiger partial charge in [0.1, 0.15) is 6.54 Å². The van der Waals surface area contributed by atoms with E-state index in [2.05, 4.69) is 87.6 Å². The standard InChI is InChI=1S/C67H124N/c1-4-7-10-13-16-19-22-25-28-31-34-37-40-43-46-49-52-58-63-68(66-67-61-56-55-57-62-67,64-59-53-50-47-44-41-38-35-32-29-26-23-20-17-14-11-8-5-2)65-60-54-51-48-45-42-39-36-33-30-27-24-21-18-15-12-9-6-3/h7-12,55-57,61-62H,4-6,13-54,58-60,63-66H2,1-3H3/q+1/b10-7+,11-8+,12-9+. The van der Waals surface area contributed by atoms with Crippen molar-refractivity contribution in [3.8, 4) is 0 Å². The Morgan fingerprint density at radius 3 is 0.676 bits per heavy atom. The van der Waals surface area contributed by atoms with Crippen LogP contribution in [0.2, 0.25) is 0 Å². The van der Waals surface area contributed by atoms with Gasteiger partial charge in [-0.05, 0) is 96.3 Å². The lowest BCUT2D eigenvalue weighted by atomic mass is 10.0. The van der Waals surface area contributed by atoms with Gasteiger partial charge in [0.2, 0.25) is 0 Å². The number of rotatable bonds is 56.